The van der Waals surface area contributed by atoms with Gasteiger partial charge in [-0.1, -0.05) is 6.07 Å². The van der Waals surface area contributed by atoms with Gasteiger partial charge in [0.15, 0.2) is 5.65 Å². The molecule has 0 saturated carbocycles. The second-order valence-electron chi connectivity index (χ2n) is 4.21. The van der Waals surface area contributed by atoms with Gasteiger partial charge >= 0.3 is 0 Å². The van der Waals surface area contributed by atoms with Crippen LogP contribution in [0.5, 0.6) is 11.6 Å². The van der Waals surface area contributed by atoms with Crippen molar-refractivity contribution >= 4 is 11.2 Å². The van der Waals surface area contributed by atoms with Crippen molar-refractivity contribution < 1.29 is 4.74 Å². The molecule has 2 aromatic heterocycles. The number of hydrogen-bond donors (Lipinski definition) is 1. The van der Waals surface area contributed by atoms with Gasteiger partial charge in [0.25, 0.3) is 0 Å². The van der Waals surface area contributed by atoms with Gasteiger partial charge in [0, 0.05) is 0 Å². The summed E-state index contributed by atoms with van der Waals surface area (Å²) in [5, 5.41) is 0. The van der Waals surface area contributed by atoms with E-state index in [0.717, 1.165) is 16.9 Å². The van der Waals surface area contributed by atoms with E-state index >= 15 is 0 Å². The van der Waals surface area contributed by atoms with Crippen molar-refractivity contribution in [1.82, 2.24) is 19.9 Å². The summed E-state index contributed by atoms with van der Waals surface area (Å²) >= 11 is 0. The van der Waals surface area contributed by atoms with Crippen LogP contribution in [-0.2, 0) is 0 Å². The van der Waals surface area contributed by atoms with Crippen LogP contribution in [0.15, 0.2) is 30.9 Å². The number of benzene rings is 1. The molecular formula is C13H12N4O. The third-order valence-corrected chi connectivity index (χ3v) is 2.60. The molecule has 0 aliphatic rings. The van der Waals surface area contributed by atoms with Crippen LogP contribution in [-0.4, -0.2) is 19.9 Å². The van der Waals surface area contributed by atoms with E-state index in [9.17, 15) is 0 Å². The van der Waals surface area contributed by atoms with Gasteiger partial charge < -0.3 is 9.72 Å². The van der Waals surface area contributed by atoms with Gasteiger partial charge in [-0.3, -0.25) is 0 Å². The first kappa shape index (κ1) is 10.7. The van der Waals surface area contributed by atoms with Gasteiger partial charge in [0.2, 0.25) is 5.88 Å². The second-order valence-corrected chi connectivity index (χ2v) is 4.21. The summed E-state index contributed by atoms with van der Waals surface area (Å²) in [6, 6.07) is 6.03. The van der Waals surface area contributed by atoms with Crippen molar-refractivity contribution in [2.24, 2.45) is 0 Å². The molecule has 0 atom stereocenters. The SMILES string of the molecule is Cc1cc(C)cc(Oc2ncnc3nc[nH]c23)c1. The van der Waals surface area contributed by atoms with Gasteiger partial charge in [0.05, 0.1) is 6.33 Å². The Morgan fingerprint density at radius 3 is 2.56 bits per heavy atom. The average Bonchev–Trinajstić information content (AvgIpc) is 2.76. The van der Waals surface area contributed by atoms with Crippen LogP contribution in [0.25, 0.3) is 11.2 Å². The fourth-order valence-corrected chi connectivity index (χ4v) is 1.92. The Balaban J connectivity index is 2.03. The average molecular weight is 240 g/mol. The van der Waals surface area contributed by atoms with Crippen LogP contribution in [0.1, 0.15) is 11.1 Å². The van der Waals surface area contributed by atoms with Crippen LogP contribution >= 0.6 is 0 Å². The number of nitrogens with one attached hydrogen (secondary N) is 1. The molecule has 5 nitrogen and oxygen atoms in total. The molecule has 18 heavy (non-hydrogen) atoms. The van der Waals surface area contributed by atoms with Gasteiger partial charge in [-0.15, -0.1) is 0 Å². The molecule has 90 valence electrons. The highest BCUT2D eigenvalue weighted by molar-refractivity contribution is 5.75. The number of fused-ring (bicyclic) bond motifs is 1. The molecule has 1 aromatic carbocycles. The first-order valence-corrected chi connectivity index (χ1v) is 5.62. The number of ether oxygens (including phenoxy) is 1. The molecule has 0 aliphatic carbocycles. The molecule has 0 saturated heterocycles. The van der Waals surface area contributed by atoms with Gasteiger partial charge in [-0.2, -0.15) is 4.98 Å². The van der Waals surface area contributed by atoms with E-state index in [2.05, 4.69) is 26.0 Å². The Morgan fingerprint density at radius 1 is 1.00 bits per heavy atom. The smallest absolute Gasteiger partial charge is 0.248 e. The molecule has 0 unspecified atom stereocenters. The molecular weight excluding hydrogens is 228 g/mol. The molecule has 3 rings (SSSR count). The number of hydrogen-bond acceptors (Lipinski definition) is 4. The van der Waals surface area contributed by atoms with Crippen LogP contribution in [0.4, 0.5) is 0 Å². The number of aromatic amines is 1. The molecule has 0 spiro atoms. The first-order valence-electron chi connectivity index (χ1n) is 5.62. The maximum absolute atomic E-state index is 5.79. The molecule has 5 heteroatoms. The lowest BCUT2D eigenvalue weighted by Gasteiger charge is -2.07. The Labute approximate surface area is 104 Å². The molecule has 0 radical (unpaired) electrons. The van der Waals surface area contributed by atoms with E-state index in [4.69, 9.17) is 4.74 Å². The summed E-state index contributed by atoms with van der Waals surface area (Å²) in [6.07, 6.45) is 3.02. The standard InChI is InChI=1S/C13H12N4O/c1-8-3-9(2)5-10(4-8)18-13-11-12(15-6-14-11)16-7-17-13/h3-7H,1-2H3,(H,14,15,16,17). The quantitative estimate of drug-likeness (QED) is 0.748. The highest BCUT2D eigenvalue weighted by atomic mass is 16.5. The van der Waals surface area contributed by atoms with Crippen molar-refractivity contribution in [3.05, 3.63) is 42.0 Å². The predicted molar refractivity (Wildman–Crippen MR) is 67.7 cm³/mol. The van der Waals surface area contributed by atoms with Gasteiger partial charge in [0.1, 0.15) is 17.6 Å². The van der Waals surface area contributed by atoms with Crippen molar-refractivity contribution in [3.8, 4) is 11.6 Å². The molecule has 2 heterocycles. The van der Waals surface area contributed by atoms with E-state index in [1.807, 2.05) is 26.0 Å². The molecule has 0 amide bonds. The second kappa shape index (κ2) is 4.10. The van der Waals surface area contributed by atoms with E-state index in [1.54, 1.807) is 6.33 Å². The summed E-state index contributed by atoms with van der Waals surface area (Å²) in [5.41, 5.74) is 3.61. The number of imidazole rings is 1. The fraction of sp³-hybridized carbons (Fsp3) is 0.154. The Hall–Kier alpha value is -2.43. The monoisotopic (exact) mass is 240 g/mol. The number of H-pyrrole nitrogens is 1. The lowest BCUT2D eigenvalue weighted by atomic mass is 10.1. The van der Waals surface area contributed by atoms with Crippen molar-refractivity contribution in [1.29, 1.82) is 0 Å². The normalized spacial score (nSPS) is 10.8. The maximum atomic E-state index is 5.79. The number of aryl methyl sites for hydroxylation is 2. The number of nitrogens with zero attached hydrogens (tertiary/aromatic N) is 3. The van der Waals surface area contributed by atoms with E-state index < -0.39 is 0 Å². The minimum atomic E-state index is 0.488. The minimum Gasteiger partial charge on any atom is -0.437 e. The summed E-state index contributed by atoms with van der Waals surface area (Å²) in [7, 11) is 0. The van der Waals surface area contributed by atoms with Crippen LogP contribution in [0.3, 0.4) is 0 Å². The van der Waals surface area contributed by atoms with Crippen LogP contribution in [0, 0.1) is 13.8 Å². The van der Waals surface area contributed by atoms with Crippen molar-refractivity contribution in [3.63, 3.8) is 0 Å². The Bertz CT molecular complexity index is 685. The lowest BCUT2D eigenvalue weighted by Crippen LogP contribution is -1.92. The topological polar surface area (TPSA) is 63.7 Å². The van der Waals surface area contributed by atoms with E-state index in [-0.39, 0.29) is 0 Å². The van der Waals surface area contributed by atoms with Crippen LogP contribution < -0.4 is 4.74 Å². The highest BCUT2D eigenvalue weighted by Gasteiger charge is 2.08. The summed E-state index contributed by atoms with van der Waals surface area (Å²) in [5.74, 6) is 1.25. The number of rotatable bonds is 2. The van der Waals surface area contributed by atoms with Crippen molar-refractivity contribution in [2.75, 3.05) is 0 Å². The molecule has 0 bridgehead atoms. The predicted octanol–water partition coefficient (Wildman–Crippen LogP) is 2.76. The summed E-state index contributed by atoms with van der Waals surface area (Å²) < 4.78 is 5.79. The summed E-state index contributed by atoms with van der Waals surface area (Å²) in [4.78, 5) is 15.2. The van der Waals surface area contributed by atoms with E-state index in [0.29, 0.717) is 17.0 Å². The van der Waals surface area contributed by atoms with Crippen LogP contribution in [0.2, 0.25) is 0 Å². The number of aromatic nitrogens is 4. The third kappa shape index (κ3) is 1.90. The highest BCUT2D eigenvalue weighted by Crippen LogP contribution is 2.25. The lowest BCUT2D eigenvalue weighted by molar-refractivity contribution is 0.466. The van der Waals surface area contributed by atoms with Gasteiger partial charge in [-0.05, 0) is 37.1 Å². The maximum Gasteiger partial charge on any atom is 0.248 e. The largest absolute Gasteiger partial charge is 0.437 e. The zero-order valence-corrected chi connectivity index (χ0v) is 10.1. The van der Waals surface area contributed by atoms with Gasteiger partial charge in [-0.25, -0.2) is 9.97 Å². The summed E-state index contributed by atoms with van der Waals surface area (Å²) in [6.45, 7) is 4.07. The molecule has 3 aromatic rings. The Morgan fingerprint density at radius 2 is 1.78 bits per heavy atom. The Kier molecular flexibility index (Phi) is 2.44. The first-order chi connectivity index (χ1) is 8.72. The zero-order valence-electron chi connectivity index (χ0n) is 10.1. The zero-order chi connectivity index (χ0) is 12.5. The third-order valence-electron chi connectivity index (χ3n) is 2.60. The van der Waals surface area contributed by atoms with E-state index in [1.165, 1.54) is 6.33 Å². The molecule has 0 fully saturated rings. The fourth-order valence-electron chi connectivity index (χ4n) is 1.92. The minimum absolute atomic E-state index is 0.488. The molecule has 0 aliphatic heterocycles. The van der Waals surface area contributed by atoms with Crippen molar-refractivity contribution in [2.45, 2.75) is 13.8 Å². The molecule has 1 N–H and O–H groups in total.